The minimum atomic E-state index is -0.212. The number of amides is 1. The van der Waals surface area contributed by atoms with Crippen molar-refractivity contribution in [2.75, 3.05) is 17.7 Å². The molecule has 172 valence electrons. The van der Waals surface area contributed by atoms with Crippen LogP contribution in [-0.4, -0.2) is 23.0 Å². The lowest BCUT2D eigenvalue weighted by molar-refractivity contribution is 0.102. The summed E-state index contributed by atoms with van der Waals surface area (Å²) < 4.78 is 11.2. The lowest BCUT2D eigenvalue weighted by atomic mass is 10.1. The van der Waals surface area contributed by atoms with Crippen molar-refractivity contribution in [2.24, 2.45) is 0 Å². The SMILES string of the molecule is COc1cnc2c(Oc3ccc(NC(=O)c4ccccc4Nc4ccccc4)cc3)ccnc2c1. The molecular weight excluding hydrogens is 440 g/mol. The molecule has 7 heteroatoms. The Balaban J connectivity index is 1.30. The molecule has 0 bridgehead atoms. The van der Waals surface area contributed by atoms with Gasteiger partial charge >= 0.3 is 0 Å². The number of fused-ring (bicyclic) bond motifs is 1. The maximum Gasteiger partial charge on any atom is 0.257 e. The van der Waals surface area contributed by atoms with Crippen LogP contribution in [0.1, 0.15) is 10.4 Å². The molecular formula is C28H22N4O3. The van der Waals surface area contributed by atoms with Crippen molar-refractivity contribution >= 4 is 34.0 Å². The molecule has 2 aromatic heterocycles. The van der Waals surface area contributed by atoms with Crippen LogP contribution in [-0.2, 0) is 0 Å². The molecule has 0 aliphatic rings. The Morgan fingerprint density at radius 3 is 2.37 bits per heavy atom. The number of anilines is 3. The van der Waals surface area contributed by atoms with Gasteiger partial charge in [0.25, 0.3) is 5.91 Å². The summed E-state index contributed by atoms with van der Waals surface area (Å²) in [6.45, 7) is 0. The Bertz CT molecular complexity index is 1470. The number of hydrogen-bond acceptors (Lipinski definition) is 6. The first-order valence-electron chi connectivity index (χ1n) is 11.0. The van der Waals surface area contributed by atoms with E-state index in [1.165, 1.54) is 0 Å². The van der Waals surface area contributed by atoms with Crippen LogP contribution in [0.2, 0.25) is 0 Å². The van der Waals surface area contributed by atoms with E-state index >= 15 is 0 Å². The normalized spacial score (nSPS) is 10.5. The zero-order valence-electron chi connectivity index (χ0n) is 18.9. The molecule has 1 amide bonds. The number of ether oxygens (including phenoxy) is 2. The van der Waals surface area contributed by atoms with Gasteiger partial charge in [-0.1, -0.05) is 30.3 Å². The highest BCUT2D eigenvalue weighted by Crippen LogP contribution is 2.30. The number of nitrogens with one attached hydrogen (secondary N) is 2. The van der Waals surface area contributed by atoms with Crippen molar-refractivity contribution in [1.82, 2.24) is 9.97 Å². The van der Waals surface area contributed by atoms with Crippen LogP contribution in [0.15, 0.2) is 103 Å². The second kappa shape index (κ2) is 9.93. The first-order chi connectivity index (χ1) is 17.2. The average Bonchev–Trinajstić information content (AvgIpc) is 2.90. The predicted molar refractivity (Wildman–Crippen MR) is 137 cm³/mol. The molecule has 35 heavy (non-hydrogen) atoms. The highest BCUT2D eigenvalue weighted by molar-refractivity contribution is 6.08. The van der Waals surface area contributed by atoms with Gasteiger partial charge in [0.05, 0.1) is 30.1 Å². The fourth-order valence-electron chi connectivity index (χ4n) is 3.58. The number of pyridine rings is 2. The second-order valence-corrected chi connectivity index (χ2v) is 7.67. The van der Waals surface area contributed by atoms with Gasteiger partial charge in [0.15, 0.2) is 5.75 Å². The standard InChI is InChI=1S/C28H22N4O3/c1-34-22-17-25-27(30-18-22)26(15-16-29-25)35-21-13-11-20(12-14-21)32-28(33)23-9-5-6-10-24(23)31-19-7-3-2-4-8-19/h2-18,31H,1H3,(H,32,33). The van der Waals surface area contributed by atoms with Crippen LogP contribution in [0.4, 0.5) is 17.1 Å². The number of rotatable bonds is 7. The van der Waals surface area contributed by atoms with Crippen molar-refractivity contribution in [1.29, 1.82) is 0 Å². The first-order valence-corrected chi connectivity index (χ1v) is 11.0. The number of nitrogens with zero attached hydrogens (tertiary/aromatic N) is 2. The molecule has 0 unspecified atom stereocenters. The molecule has 0 spiro atoms. The number of hydrogen-bond donors (Lipinski definition) is 2. The molecule has 0 aliphatic heterocycles. The van der Waals surface area contributed by atoms with Crippen LogP contribution in [0.5, 0.6) is 17.2 Å². The van der Waals surface area contributed by atoms with Crippen molar-refractivity contribution in [2.45, 2.75) is 0 Å². The van der Waals surface area contributed by atoms with Gasteiger partial charge in [0, 0.05) is 29.7 Å². The maximum atomic E-state index is 13.0. The topological polar surface area (TPSA) is 85.4 Å². The third-order valence-electron chi connectivity index (χ3n) is 5.32. The molecule has 3 aromatic carbocycles. The van der Waals surface area contributed by atoms with Crippen LogP contribution < -0.4 is 20.1 Å². The Hall–Kier alpha value is -4.91. The smallest absolute Gasteiger partial charge is 0.257 e. The fraction of sp³-hybridized carbons (Fsp3) is 0.0357. The third-order valence-corrected chi connectivity index (χ3v) is 5.32. The van der Waals surface area contributed by atoms with Crippen molar-refractivity contribution in [3.8, 4) is 17.2 Å². The molecule has 0 saturated carbocycles. The van der Waals surface area contributed by atoms with Crippen LogP contribution in [0, 0.1) is 0 Å². The molecule has 7 nitrogen and oxygen atoms in total. The molecule has 2 heterocycles. The Morgan fingerprint density at radius 2 is 1.57 bits per heavy atom. The van der Waals surface area contributed by atoms with Crippen LogP contribution in [0.3, 0.4) is 0 Å². The van der Waals surface area contributed by atoms with E-state index in [0.29, 0.717) is 39.5 Å². The molecule has 0 aliphatic carbocycles. The van der Waals surface area contributed by atoms with E-state index in [-0.39, 0.29) is 5.91 Å². The molecule has 0 radical (unpaired) electrons. The molecule has 5 rings (SSSR count). The summed E-state index contributed by atoms with van der Waals surface area (Å²) >= 11 is 0. The Morgan fingerprint density at radius 1 is 0.800 bits per heavy atom. The summed E-state index contributed by atoms with van der Waals surface area (Å²) in [7, 11) is 1.59. The van der Waals surface area contributed by atoms with Gasteiger partial charge in [-0.15, -0.1) is 0 Å². The highest BCUT2D eigenvalue weighted by Gasteiger charge is 2.12. The third kappa shape index (κ3) is 5.04. The van der Waals surface area contributed by atoms with Gasteiger partial charge in [-0.25, -0.2) is 4.98 Å². The van der Waals surface area contributed by atoms with Crippen LogP contribution >= 0.6 is 0 Å². The highest BCUT2D eigenvalue weighted by atomic mass is 16.5. The summed E-state index contributed by atoms with van der Waals surface area (Å²) in [6.07, 6.45) is 3.29. The zero-order chi connectivity index (χ0) is 24.0. The van der Waals surface area contributed by atoms with Gasteiger partial charge < -0.3 is 20.1 Å². The number of para-hydroxylation sites is 2. The van der Waals surface area contributed by atoms with Gasteiger partial charge in [-0.2, -0.15) is 0 Å². The number of carbonyl (C=O) groups excluding carboxylic acids is 1. The van der Waals surface area contributed by atoms with E-state index in [1.807, 2.05) is 48.5 Å². The summed E-state index contributed by atoms with van der Waals surface area (Å²) in [5.41, 5.74) is 4.14. The molecule has 2 N–H and O–H groups in total. The molecule has 0 atom stereocenters. The van der Waals surface area contributed by atoms with E-state index in [1.54, 1.807) is 62.0 Å². The summed E-state index contributed by atoms with van der Waals surface area (Å²) in [5, 5.41) is 6.24. The van der Waals surface area contributed by atoms with E-state index in [0.717, 1.165) is 11.4 Å². The minimum absolute atomic E-state index is 0.212. The minimum Gasteiger partial charge on any atom is -0.495 e. The van der Waals surface area contributed by atoms with Crippen molar-refractivity contribution in [3.63, 3.8) is 0 Å². The fourth-order valence-corrected chi connectivity index (χ4v) is 3.58. The van der Waals surface area contributed by atoms with E-state index in [4.69, 9.17) is 9.47 Å². The zero-order valence-corrected chi connectivity index (χ0v) is 18.9. The van der Waals surface area contributed by atoms with Gasteiger partial charge in [-0.05, 0) is 48.5 Å². The largest absolute Gasteiger partial charge is 0.495 e. The first kappa shape index (κ1) is 21.9. The second-order valence-electron chi connectivity index (χ2n) is 7.67. The van der Waals surface area contributed by atoms with Gasteiger partial charge in [0.1, 0.15) is 17.0 Å². The average molecular weight is 463 g/mol. The van der Waals surface area contributed by atoms with Crippen molar-refractivity contribution < 1.29 is 14.3 Å². The van der Waals surface area contributed by atoms with E-state index < -0.39 is 0 Å². The maximum absolute atomic E-state index is 13.0. The Kier molecular flexibility index (Phi) is 6.21. The number of methoxy groups -OCH3 is 1. The summed E-state index contributed by atoms with van der Waals surface area (Å²) in [6, 6.07) is 27.8. The number of benzene rings is 3. The van der Waals surface area contributed by atoms with E-state index in [2.05, 4.69) is 20.6 Å². The van der Waals surface area contributed by atoms with Crippen LogP contribution in [0.25, 0.3) is 11.0 Å². The number of aromatic nitrogens is 2. The molecule has 0 fully saturated rings. The molecule has 5 aromatic rings. The van der Waals surface area contributed by atoms with Crippen molar-refractivity contribution in [3.05, 3.63) is 109 Å². The number of carbonyl (C=O) groups is 1. The summed E-state index contributed by atoms with van der Waals surface area (Å²) in [4.78, 5) is 21.7. The predicted octanol–water partition coefficient (Wildman–Crippen LogP) is 6.43. The Labute approximate surface area is 202 Å². The monoisotopic (exact) mass is 462 g/mol. The lowest BCUT2D eigenvalue weighted by Crippen LogP contribution is -2.13. The summed E-state index contributed by atoms with van der Waals surface area (Å²) in [5.74, 6) is 1.60. The van der Waals surface area contributed by atoms with E-state index in [9.17, 15) is 4.79 Å². The lowest BCUT2D eigenvalue weighted by Gasteiger charge is -2.13. The quantitative estimate of drug-likeness (QED) is 0.290. The van der Waals surface area contributed by atoms with Gasteiger partial charge in [0.2, 0.25) is 0 Å². The molecule has 0 saturated heterocycles. The van der Waals surface area contributed by atoms with Gasteiger partial charge in [-0.3, -0.25) is 9.78 Å².